The van der Waals surface area contributed by atoms with Crippen molar-refractivity contribution in [1.82, 2.24) is 5.32 Å². The number of carbonyl (C=O) groups is 1. The van der Waals surface area contributed by atoms with Gasteiger partial charge in [-0.15, -0.1) is 0 Å². The van der Waals surface area contributed by atoms with Crippen molar-refractivity contribution >= 4 is 5.91 Å². The number of hydrogen-bond acceptors (Lipinski definition) is 15. The van der Waals surface area contributed by atoms with Crippen LogP contribution >= 0.6 is 0 Å². The summed E-state index contributed by atoms with van der Waals surface area (Å²) in [4.78, 5) is 12.0. The Kier molecular flexibility index (Phi) is 9.97. The van der Waals surface area contributed by atoms with Gasteiger partial charge in [-0.05, 0) is 6.92 Å². The van der Waals surface area contributed by atoms with E-state index < -0.39 is 111 Å². The second-order valence-corrected chi connectivity index (χ2v) is 9.05. The molecule has 0 aromatic rings. The molecule has 3 saturated heterocycles. The number of carbonyl (C=O) groups excluding carboxylic acids is 1. The summed E-state index contributed by atoms with van der Waals surface area (Å²) < 4.78 is 27.5. The highest BCUT2D eigenvalue weighted by molar-refractivity contribution is 5.73. The van der Waals surface area contributed by atoms with Gasteiger partial charge >= 0.3 is 0 Å². The van der Waals surface area contributed by atoms with E-state index in [1.54, 1.807) is 0 Å². The molecule has 3 rings (SSSR count). The minimum absolute atomic E-state index is 0.641. The topological polar surface area (TPSA) is 257 Å². The molecule has 10 N–H and O–H groups in total. The average molecular weight is 529 g/mol. The molecule has 1 unspecified atom stereocenters. The number of hydrogen-bond donors (Lipinski definition) is 10. The molecule has 0 saturated carbocycles. The van der Waals surface area contributed by atoms with Gasteiger partial charge in [-0.1, -0.05) is 0 Å². The average Bonchev–Trinajstić information content (AvgIpc) is 2.83. The molecule has 3 aliphatic heterocycles. The van der Waals surface area contributed by atoms with E-state index in [2.05, 4.69) is 5.32 Å². The number of aliphatic hydroxyl groups is 9. The van der Waals surface area contributed by atoms with Gasteiger partial charge in [0.15, 0.2) is 18.9 Å². The zero-order valence-corrected chi connectivity index (χ0v) is 19.5. The van der Waals surface area contributed by atoms with Gasteiger partial charge in [-0.2, -0.15) is 0 Å². The summed E-state index contributed by atoms with van der Waals surface area (Å²) in [5.74, 6) is -0.641. The molecule has 0 aromatic heterocycles. The predicted molar refractivity (Wildman–Crippen MR) is 111 cm³/mol. The zero-order valence-electron chi connectivity index (χ0n) is 19.5. The number of aliphatic hydroxyl groups excluding tert-OH is 9. The molecule has 16 nitrogen and oxygen atoms in total. The van der Waals surface area contributed by atoms with E-state index in [-0.39, 0.29) is 0 Å². The SMILES string of the molecule is CC(=O)N[C@H]1[C@H](O[C@@H]2[C@@H](O)[C@@H](O)C(O)O[C@H]2C)O[C@H](CO)[C@@H](O)[C@@H]1O[C@H]1O[C@H](CO)[C@H](O)[C@H](O)[C@H]1O. The molecule has 210 valence electrons. The summed E-state index contributed by atoms with van der Waals surface area (Å²) in [6.45, 7) is 1.06. The van der Waals surface area contributed by atoms with Gasteiger partial charge in [0, 0.05) is 6.92 Å². The van der Waals surface area contributed by atoms with Crippen LogP contribution in [0.15, 0.2) is 0 Å². The van der Waals surface area contributed by atoms with E-state index in [0.29, 0.717) is 0 Å². The third kappa shape index (κ3) is 5.97. The lowest BCUT2D eigenvalue weighted by atomic mass is 9.94. The minimum atomic E-state index is -1.84. The fourth-order valence-electron chi connectivity index (χ4n) is 4.43. The first-order valence-corrected chi connectivity index (χ1v) is 11.4. The third-order valence-electron chi connectivity index (χ3n) is 6.45. The lowest BCUT2D eigenvalue weighted by Gasteiger charge is -2.49. The largest absolute Gasteiger partial charge is 0.394 e. The summed E-state index contributed by atoms with van der Waals surface area (Å²) in [6, 6.07) is -1.38. The molecule has 0 aromatic carbocycles. The predicted octanol–water partition coefficient (Wildman–Crippen LogP) is -6.40. The molecule has 3 fully saturated rings. The van der Waals surface area contributed by atoms with Crippen LogP contribution in [0.25, 0.3) is 0 Å². The number of rotatable bonds is 7. The molecular weight excluding hydrogens is 494 g/mol. The quantitative estimate of drug-likeness (QED) is 0.147. The standard InChI is InChI=1S/C20H35NO15/c1-5-16(13(28)14(29)18(31)32-5)35-19-9(21-6(2)24)17(11(26)8(4-23)33-19)36-20-15(30)12(27)10(25)7(3-22)34-20/h5,7-20,22-23,25-31H,3-4H2,1-2H3,(H,21,24)/t5-,7+,8+,9+,10-,11+,12-,13-,14+,15+,16-,17+,18?,19-,20+/m0/s1. The smallest absolute Gasteiger partial charge is 0.217 e. The summed E-state index contributed by atoms with van der Waals surface area (Å²) in [5, 5.41) is 92.9. The molecule has 0 spiro atoms. The van der Waals surface area contributed by atoms with Crippen molar-refractivity contribution in [2.24, 2.45) is 0 Å². The Morgan fingerprint density at radius 3 is 1.86 bits per heavy atom. The van der Waals surface area contributed by atoms with Crippen LogP contribution in [0.1, 0.15) is 13.8 Å². The maximum atomic E-state index is 12.0. The van der Waals surface area contributed by atoms with Gasteiger partial charge < -0.3 is 75.0 Å². The van der Waals surface area contributed by atoms with Crippen molar-refractivity contribution in [2.45, 2.75) is 106 Å². The van der Waals surface area contributed by atoms with Crippen LogP contribution in [0.5, 0.6) is 0 Å². The number of nitrogens with one attached hydrogen (secondary N) is 1. The molecule has 36 heavy (non-hydrogen) atoms. The first kappa shape index (κ1) is 29.5. The summed E-state index contributed by atoms with van der Waals surface area (Å²) >= 11 is 0. The van der Waals surface area contributed by atoms with Crippen molar-refractivity contribution < 1.29 is 74.4 Å². The Balaban J connectivity index is 1.88. The molecule has 3 heterocycles. The monoisotopic (exact) mass is 529 g/mol. The Morgan fingerprint density at radius 2 is 1.28 bits per heavy atom. The summed E-state index contributed by atoms with van der Waals surface area (Å²) in [5.41, 5.74) is 0. The zero-order chi connectivity index (χ0) is 26.9. The molecule has 0 aliphatic carbocycles. The van der Waals surface area contributed by atoms with E-state index in [1.165, 1.54) is 6.92 Å². The van der Waals surface area contributed by atoms with Crippen LogP contribution in [0.3, 0.4) is 0 Å². The van der Waals surface area contributed by atoms with Crippen LogP contribution in [0.4, 0.5) is 0 Å². The van der Waals surface area contributed by atoms with E-state index in [9.17, 15) is 50.8 Å². The van der Waals surface area contributed by atoms with E-state index in [1.807, 2.05) is 0 Å². The number of amides is 1. The van der Waals surface area contributed by atoms with Crippen LogP contribution in [0, 0.1) is 0 Å². The van der Waals surface area contributed by atoms with Crippen LogP contribution < -0.4 is 5.32 Å². The van der Waals surface area contributed by atoms with Crippen LogP contribution in [0.2, 0.25) is 0 Å². The molecule has 0 radical (unpaired) electrons. The number of ether oxygens (including phenoxy) is 5. The van der Waals surface area contributed by atoms with Gasteiger partial charge in [-0.3, -0.25) is 4.79 Å². The lowest BCUT2D eigenvalue weighted by Crippen LogP contribution is -2.69. The van der Waals surface area contributed by atoms with Crippen molar-refractivity contribution in [3.05, 3.63) is 0 Å². The van der Waals surface area contributed by atoms with Gasteiger partial charge in [0.05, 0.1) is 19.3 Å². The first-order chi connectivity index (χ1) is 16.9. The minimum Gasteiger partial charge on any atom is -0.394 e. The van der Waals surface area contributed by atoms with E-state index >= 15 is 0 Å². The molecule has 0 bridgehead atoms. The maximum absolute atomic E-state index is 12.0. The molecule has 1 amide bonds. The molecular formula is C20H35NO15. The van der Waals surface area contributed by atoms with Crippen LogP contribution in [-0.2, 0) is 28.5 Å². The van der Waals surface area contributed by atoms with E-state index in [0.717, 1.165) is 6.92 Å². The fraction of sp³-hybridized carbons (Fsp3) is 0.950. The highest BCUT2D eigenvalue weighted by Crippen LogP contribution is 2.32. The second kappa shape index (κ2) is 12.2. The van der Waals surface area contributed by atoms with Crippen molar-refractivity contribution in [2.75, 3.05) is 13.2 Å². The van der Waals surface area contributed by atoms with Crippen molar-refractivity contribution in [3.8, 4) is 0 Å². The Labute approximate surface area is 205 Å². The fourth-order valence-corrected chi connectivity index (χ4v) is 4.43. The van der Waals surface area contributed by atoms with Crippen molar-refractivity contribution in [1.29, 1.82) is 0 Å². The molecule has 16 heteroatoms. The maximum Gasteiger partial charge on any atom is 0.217 e. The summed E-state index contributed by atoms with van der Waals surface area (Å²) in [6.07, 6.45) is -21.8. The first-order valence-electron chi connectivity index (χ1n) is 11.4. The summed E-state index contributed by atoms with van der Waals surface area (Å²) in [7, 11) is 0. The lowest BCUT2D eigenvalue weighted by molar-refractivity contribution is -0.361. The Bertz CT molecular complexity index is 729. The highest BCUT2D eigenvalue weighted by atomic mass is 16.7. The van der Waals surface area contributed by atoms with Gasteiger partial charge in [0.25, 0.3) is 0 Å². The second-order valence-electron chi connectivity index (χ2n) is 9.05. The molecule has 15 atom stereocenters. The van der Waals surface area contributed by atoms with Crippen molar-refractivity contribution in [3.63, 3.8) is 0 Å². The van der Waals surface area contributed by atoms with Crippen LogP contribution in [-0.4, -0.2) is 157 Å². The van der Waals surface area contributed by atoms with Gasteiger partial charge in [-0.25, -0.2) is 0 Å². The highest BCUT2D eigenvalue weighted by Gasteiger charge is 2.53. The van der Waals surface area contributed by atoms with Gasteiger partial charge in [0.1, 0.15) is 67.1 Å². The van der Waals surface area contributed by atoms with Gasteiger partial charge in [0.2, 0.25) is 5.91 Å². The third-order valence-corrected chi connectivity index (χ3v) is 6.45. The Hall–Kier alpha value is -1.09. The molecule has 3 aliphatic rings. The Morgan fingerprint density at radius 1 is 0.722 bits per heavy atom. The normalized spacial score (nSPS) is 50.0. The van der Waals surface area contributed by atoms with E-state index in [4.69, 9.17) is 23.7 Å².